The van der Waals surface area contributed by atoms with Crippen LogP contribution in [0.4, 0.5) is 0 Å². The maximum atomic E-state index is 12.9. The van der Waals surface area contributed by atoms with E-state index >= 15 is 0 Å². The van der Waals surface area contributed by atoms with Gasteiger partial charge in [-0.1, -0.05) is 18.2 Å². The van der Waals surface area contributed by atoms with Crippen LogP contribution in [0.3, 0.4) is 0 Å². The second kappa shape index (κ2) is 8.87. The summed E-state index contributed by atoms with van der Waals surface area (Å²) in [6, 6.07) is 12.0. The number of carbonyl (C=O) groups is 2. The third-order valence-electron chi connectivity index (χ3n) is 4.75. The van der Waals surface area contributed by atoms with Gasteiger partial charge >= 0.3 is 0 Å². The van der Waals surface area contributed by atoms with E-state index in [0.29, 0.717) is 35.1 Å². The number of carbonyl (C=O) groups excluding carboxylic acids is 2. The van der Waals surface area contributed by atoms with Gasteiger partial charge in [-0.05, 0) is 48.1 Å². The van der Waals surface area contributed by atoms with E-state index < -0.39 is 0 Å². The zero-order chi connectivity index (χ0) is 21.8. The number of amides is 2. The summed E-state index contributed by atoms with van der Waals surface area (Å²) in [5.41, 5.74) is 2.18. The summed E-state index contributed by atoms with van der Waals surface area (Å²) in [6.45, 7) is 4.33. The van der Waals surface area contributed by atoms with Crippen LogP contribution in [0, 0.1) is 4.77 Å². The van der Waals surface area contributed by atoms with Crippen molar-refractivity contribution in [3.8, 4) is 0 Å². The number of aromatic amines is 1. The molecule has 3 rings (SSSR count). The minimum Gasteiger partial charge on any atom is -0.355 e. The largest absolute Gasteiger partial charge is 0.355 e. The van der Waals surface area contributed by atoms with Gasteiger partial charge in [-0.2, -0.15) is 0 Å². The van der Waals surface area contributed by atoms with Gasteiger partial charge in [0, 0.05) is 38.3 Å². The van der Waals surface area contributed by atoms with Crippen LogP contribution in [-0.2, 0) is 13.1 Å². The Morgan fingerprint density at radius 1 is 1.20 bits per heavy atom. The van der Waals surface area contributed by atoms with Crippen LogP contribution < -0.4 is 10.9 Å². The quantitative estimate of drug-likeness (QED) is 0.472. The lowest BCUT2D eigenvalue weighted by Gasteiger charge is -2.18. The minimum atomic E-state index is -0.225. The first-order valence-corrected chi connectivity index (χ1v) is 9.70. The molecular formula is C22H22N4O3S. The molecular weight excluding hydrogens is 400 g/mol. The van der Waals surface area contributed by atoms with Crippen molar-refractivity contribution in [3.05, 3.63) is 86.9 Å². The number of nitrogens with zero attached hydrogens (tertiary/aromatic N) is 2. The molecule has 0 saturated carbocycles. The maximum Gasteiger partial charge on any atom is 0.262 e. The Labute approximate surface area is 178 Å². The Balaban J connectivity index is 1.84. The molecule has 30 heavy (non-hydrogen) atoms. The first-order valence-electron chi connectivity index (χ1n) is 9.30. The maximum absolute atomic E-state index is 12.9. The highest BCUT2D eigenvalue weighted by Gasteiger charge is 2.14. The molecule has 2 aromatic carbocycles. The van der Waals surface area contributed by atoms with Crippen LogP contribution in [0.15, 0.2) is 59.9 Å². The highest BCUT2D eigenvalue weighted by Crippen LogP contribution is 2.14. The number of H-pyrrole nitrogens is 1. The summed E-state index contributed by atoms with van der Waals surface area (Å²) in [5.74, 6) is -0.353. The number of fused-ring (bicyclic) bond motifs is 1. The molecule has 3 aromatic rings. The number of allylic oxidation sites excluding steroid dienone is 1. The Bertz CT molecular complexity index is 1240. The van der Waals surface area contributed by atoms with Crippen LogP contribution >= 0.6 is 12.2 Å². The van der Waals surface area contributed by atoms with Gasteiger partial charge in [-0.15, -0.1) is 6.58 Å². The van der Waals surface area contributed by atoms with Gasteiger partial charge < -0.3 is 15.2 Å². The smallest absolute Gasteiger partial charge is 0.262 e. The molecule has 0 unspecified atom stereocenters. The van der Waals surface area contributed by atoms with Crippen LogP contribution in [-0.4, -0.2) is 40.4 Å². The molecule has 0 aliphatic heterocycles. The molecule has 0 bridgehead atoms. The van der Waals surface area contributed by atoms with Crippen molar-refractivity contribution in [3.63, 3.8) is 0 Å². The Kier molecular flexibility index (Phi) is 6.27. The first-order chi connectivity index (χ1) is 14.3. The predicted octanol–water partition coefficient (Wildman–Crippen LogP) is 2.88. The lowest BCUT2D eigenvalue weighted by Crippen LogP contribution is -2.27. The topological polar surface area (TPSA) is 87.2 Å². The van der Waals surface area contributed by atoms with Gasteiger partial charge in [0.1, 0.15) is 0 Å². The van der Waals surface area contributed by atoms with Crippen LogP contribution in [0.5, 0.6) is 0 Å². The van der Waals surface area contributed by atoms with Gasteiger partial charge in [-0.3, -0.25) is 19.0 Å². The summed E-state index contributed by atoms with van der Waals surface area (Å²) in [5, 5.41) is 3.02. The molecule has 7 nitrogen and oxygen atoms in total. The summed E-state index contributed by atoms with van der Waals surface area (Å²) >= 11 is 5.25. The third-order valence-corrected chi connectivity index (χ3v) is 5.07. The van der Waals surface area contributed by atoms with Crippen molar-refractivity contribution < 1.29 is 9.59 Å². The summed E-state index contributed by atoms with van der Waals surface area (Å²) in [4.78, 5) is 41.7. The number of rotatable bonds is 6. The third kappa shape index (κ3) is 4.23. The number of aromatic nitrogens is 2. The van der Waals surface area contributed by atoms with Gasteiger partial charge in [-0.25, -0.2) is 0 Å². The first kappa shape index (κ1) is 21.2. The summed E-state index contributed by atoms with van der Waals surface area (Å²) in [7, 11) is 3.27. The van der Waals surface area contributed by atoms with Gasteiger partial charge in [0.05, 0.1) is 10.9 Å². The zero-order valence-electron chi connectivity index (χ0n) is 16.8. The van der Waals surface area contributed by atoms with E-state index in [4.69, 9.17) is 12.2 Å². The highest BCUT2D eigenvalue weighted by molar-refractivity contribution is 7.71. The minimum absolute atomic E-state index is 0.161. The molecule has 0 aliphatic rings. The van der Waals surface area contributed by atoms with Crippen molar-refractivity contribution in [2.45, 2.75) is 13.1 Å². The van der Waals surface area contributed by atoms with E-state index in [2.05, 4.69) is 16.9 Å². The molecule has 2 N–H and O–H groups in total. The second-order valence-corrected chi connectivity index (χ2v) is 7.22. The highest BCUT2D eigenvalue weighted by atomic mass is 32.1. The molecule has 1 heterocycles. The average molecular weight is 423 g/mol. The van der Waals surface area contributed by atoms with Gasteiger partial charge in [0.15, 0.2) is 4.77 Å². The molecule has 0 saturated heterocycles. The van der Waals surface area contributed by atoms with Gasteiger partial charge in [0.25, 0.3) is 17.4 Å². The van der Waals surface area contributed by atoms with Crippen LogP contribution in [0.25, 0.3) is 10.9 Å². The van der Waals surface area contributed by atoms with Gasteiger partial charge in [0.2, 0.25) is 0 Å². The van der Waals surface area contributed by atoms with Crippen molar-refractivity contribution >= 4 is 34.9 Å². The number of benzene rings is 2. The van der Waals surface area contributed by atoms with E-state index in [9.17, 15) is 14.4 Å². The molecule has 1 aromatic heterocycles. The molecule has 2 amide bonds. The standard InChI is InChI=1S/C22H22N4O3S/c1-4-11-26-21(29)17-10-9-16(12-18(17)24-22(26)30)20(28)25(3)13-14-5-7-15(8-6-14)19(27)23-2/h4-10,12H,1,11,13H2,2-3H3,(H,23,27)(H,24,30). The van der Waals surface area contributed by atoms with Crippen LogP contribution in [0.1, 0.15) is 26.3 Å². The fourth-order valence-corrected chi connectivity index (χ4v) is 3.42. The molecule has 0 aliphatic carbocycles. The van der Waals surface area contributed by atoms with E-state index in [1.165, 1.54) is 4.57 Å². The molecule has 0 radical (unpaired) electrons. The lowest BCUT2D eigenvalue weighted by atomic mass is 10.1. The monoisotopic (exact) mass is 422 g/mol. The fraction of sp³-hybridized carbons (Fsp3) is 0.182. The molecule has 0 spiro atoms. The van der Waals surface area contributed by atoms with Crippen molar-refractivity contribution in [1.29, 1.82) is 0 Å². The lowest BCUT2D eigenvalue weighted by molar-refractivity contribution is 0.0784. The molecule has 0 fully saturated rings. The van der Waals surface area contributed by atoms with E-state index in [-0.39, 0.29) is 22.1 Å². The fourth-order valence-electron chi connectivity index (χ4n) is 3.15. The molecule has 8 heteroatoms. The second-order valence-electron chi connectivity index (χ2n) is 6.83. The summed E-state index contributed by atoms with van der Waals surface area (Å²) in [6.07, 6.45) is 1.60. The Morgan fingerprint density at radius 3 is 2.50 bits per heavy atom. The van der Waals surface area contributed by atoms with E-state index in [1.54, 1.807) is 55.4 Å². The Hall–Kier alpha value is -3.52. The Morgan fingerprint density at radius 2 is 1.87 bits per heavy atom. The van der Waals surface area contributed by atoms with Crippen molar-refractivity contribution in [2.24, 2.45) is 0 Å². The summed E-state index contributed by atoms with van der Waals surface area (Å²) < 4.78 is 1.70. The normalized spacial score (nSPS) is 10.6. The number of hydrogen-bond acceptors (Lipinski definition) is 4. The molecule has 0 atom stereocenters. The molecule has 154 valence electrons. The van der Waals surface area contributed by atoms with Crippen molar-refractivity contribution in [2.75, 3.05) is 14.1 Å². The number of nitrogens with one attached hydrogen (secondary N) is 2. The SMILES string of the molecule is C=CCn1c(=S)[nH]c2cc(C(=O)N(C)Cc3ccc(C(=O)NC)cc3)ccc2c1=O. The van der Waals surface area contributed by atoms with Crippen LogP contribution in [0.2, 0.25) is 0 Å². The van der Waals surface area contributed by atoms with E-state index in [1.807, 2.05) is 12.1 Å². The van der Waals surface area contributed by atoms with E-state index in [0.717, 1.165) is 5.56 Å². The predicted molar refractivity (Wildman–Crippen MR) is 119 cm³/mol. The van der Waals surface area contributed by atoms with Crippen molar-refractivity contribution in [1.82, 2.24) is 19.8 Å². The number of hydrogen-bond donors (Lipinski definition) is 2. The zero-order valence-corrected chi connectivity index (χ0v) is 17.6. The average Bonchev–Trinajstić information content (AvgIpc) is 2.75.